The van der Waals surface area contributed by atoms with E-state index in [0.29, 0.717) is 0 Å². The highest BCUT2D eigenvalue weighted by atomic mass is 15.2. The third-order valence-electron chi connectivity index (χ3n) is 1.50. The Kier molecular flexibility index (Phi) is 2.29. The summed E-state index contributed by atoms with van der Waals surface area (Å²) in [6.45, 7) is 2.12. The third kappa shape index (κ3) is 1.48. The molecule has 0 amide bonds. The van der Waals surface area contributed by atoms with E-state index in [1.54, 1.807) is 0 Å². The van der Waals surface area contributed by atoms with Crippen molar-refractivity contribution in [2.75, 3.05) is 5.43 Å². The Balaban J connectivity index is 2.87. The first-order valence-electron chi connectivity index (χ1n) is 3.42. The van der Waals surface area contributed by atoms with Gasteiger partial charge in [0, 0.05) is 5.69 Å². The lowest BCUT2D eigenvalue weighted by molar-refractivity contribution is 1.14. The molecule has 54 valence electrons. The quantitative estimate of drug-likeness (QED) is 0.478. The van der Waals surface area contributed by atoms with E-state index in [0.717, 1.165) is 12.1 Å². The number of aryl methyl sites for hydroxylation is 1. The normalized spacial score (nSPS) is 9.40. The number of nitrogens with two attached hydrogens (primary N) is 1. The molecule has 2 heteroatoms. The van der Waals surface area contributed by atoms with E-state index < -0.39 is 0 Å². The first kappa shape index (κ1) is 7.09. The molecule has 0 saturated carbocycles. The molecule has 0 unspecified atom stereocenters. The summed E-state index contributed by atoms with van der Waals surface area (Å²) in [5.41, 5.74) is 4.87. The largest absolute Gasteiger partial charge is 0.324 e. The predicted molar refractivity (Wildman–Crippen MR) is 43.6 cm³/mol. The zero-order valence-electron chi connectivity index (χ0n) is 6.09. The molecule has 10 heavy (non-hydrogen) atoms. The van der Waals surface area contributed by atoms with Gasteiger partial charge in [-0.15, -0.1) is 0 Å². The average molecular weight is 136 g/mol. The molecule has 0 bridgehead atoms. The molecular weight excluding hydrogens is 124 g/mol. The van der Waals surface area contributed by atoms with Crippen LogP contribution in [0.5, 0.6) is 0 Å². The molecule has 1 rings (SSSR count). The van der Waals surface area contributed by atoms with Gasteiger partial charge in [0.05, 0.1) is 0 Å². The Hall–Kier alpha value is -1.02. The molecule has 0 saturated heterocycles. The fourth-order valence-electron chi connectivity index (χ4n) is 0.881. The Labute approximate surface area is 61.0 Å². The molecule has 0 atom stereocenters. The molecule has 1 aromatic carbocycles. The van der Waals surface area contributed by atoms with Gasteiger partial charge < -0.3 is 5.43 Å². The summed E-state index contributed by atoms with van der Waals surface area (Å²) in [7, 11) is 0. The molecule has 0 aliphatic heterocycles. The summed E-state index contributed by atoms with van der Waals surface area (Å²) in [5.74, 6) is 5.22. The number of hydrogen-bond donors (Lipinski definition) is 2. The van der Waals surface area contributed by atoms with Crippen molar-refractivity contribution < 1.29 is 0 Å². The zero-order chi connectivity index (χ0) is 7.40. The minimum absolute atomic E-state index is 0.972. The summed E-state index contributed by atoms with van der Waals surface area (Å²) in [4.78, 5) is 0. The van der Waals surface area contributed by atoms with Gasteiger partial charge in [-0.1, -0.05) is 19.1 Å². The van der Waals surface area contributed by atoms with Crippen molar-refractivity contribution in [3.8, 4) is 0 Å². The molecule has 0 aliphatic rings. The highest BCUT2D eigenvalue weighted by molar-refractivity contribution is 5.44. The molecule has 3 N–H and O–H groups in total. The number of nitrogens with one attached hydrogen (secondary N) is 1. The van der Waals surface area contributed by atoms with Crippen LogP contribution in [-0.4, -0.2) is 0 Å². The lowest BCUT2D eigenvalue weighted by Crippen LogP contribution is -2.06. The SMILES string of the molecule is CCc1cccc(NN)c1. The second-order valence-electron chi connectivity index (χ2n) is 2.20. The van der Waals surface area contributed by atoms with E-state index in [1.807, 2.05) is 18.2 Å². The van der Waals surface area contributed by atoms with Crippen molar-refractivity contribution in [3.05, 3.63) is 29.8 Å². The second-order valence-corrected chi connectivity index (χ2v) is 2.20. The van der Waals surface area contributed by atoms with E-state index in [4.69, 9.17) is 5.84 Å². The molecule has 2 nitrogen and oxygen atoms in total. The van der Waals surface area contributed by atoms with Crippen molar-refractivity contribution in [1.29, 1.82) is 0 Å². The Morgan fingerprint density at radius 1 is 1.50 bits per heavy atom. The Bertz CT molecular complexity index is 189. The number of rotatable bonds is 2. The third-order valence-corrected chi connectivity index (χ3v) is 1.50. The number of anilines is 1. The highest BCUT2D eigenvalue weighted by Gasteiger charge is 1.89. The number of hydrazine groups is 1. The standard InChI is InChI=1S/C8H12N2/c1-2-7-4-3-5-8(6-7)10-9/h3-6,10H,2,9H2,1H3. The first-order valence-corrected chi connectivity index (χ1v) is 3.42. The smallest absolute Gasteiger partial charge is 0.0487 e. The average Bonchev–Trinajstić information content (AvgIpc) is 2.05. The Morgan fingerprint density at radius 3 is 2.90 bits per heavy atom. The van der Waals surface area contributed by atoms with Gasteiger partial charge in [-0.2, -0.15) is 0 Å². The van der Waals surface area contributed by atoms with E-state index in [2.05, 4.69) is 18.4 Å². The van der Waals surface area contributed by atoms with Crippen LogP contribution in [-0.2, 0) is 6.42 Å². The van der Waals surface area contributed by atoms with Crippen LogP contribution in [0.4, 0.5) is 5.69 Å². The van der Waals surface area contributed by atoms with Crippen molar-refractivity contribution >= 4 is 5.69 Å². The van der Waals surface area contributed by atoms with Gasteiger partial charge in [0.2, 0.25) is 0 Å². The van der Waals surface area contributed by atoms with E-state index in [-0.39, 0.29) is 0 Å². The molecule has 0 aliphatic carbocycles. The van der Waals surface area contributed by atoms with Crippen molar-refractivity contribution in [2.24, 2.45) is 5.84 Å². The van der Waals surface area contributed by atoms with Gasteiger partial charge >= 0.3 is 0 Å². The summed E-state index contributed by atoms with van der Waals surface area (Å²) in [5, 5.41) is 0. The maximum Gasteiger partial charge on any atom is 0.0487 e. The molecule has 0 aromatic heterocycles. The van der Waals surface area contributed by atoms with Crippen LogP contribution in [0.15, 0.2) is 24.3 Å². The highest BCUT2D eigenvalue weighted by Crippen LogP contribution is 2.08. The molecule has 0 radical (unpaired) electrons. The number of nitrogen functional groups attached to an aromatic ring is 1. The summed E-state index contributed by atoms with van der Waals surface area (Å²) in [6.07, 6.45) is 1.05. The van der Waals surface area contributed by atoms with Crippen molar-refractivity contribution in [3.63, 3.8) is 0 Å². The van der Waals surface area contributed by atoms with Gasteiger partial charge in [0.1, 0.15) is 0 Å². The monoisotopic (exact) mass is 136 g/mol. The maximum atomic E-state index is 5.22. The van der Waals surface area contributed by atoms with Crippen molar-refractivity contribution in [1.82, 2.24) is 0 Å². The van der Waals surface area contributed by atoms with Crippen LogP contribution in [0.2, 0.25) is 0 Å². The van der Waals surface area contributed by atoms with Gasteiger partial charge in [-0.3, -0.25) is 5.84 Å². The minimum Gasteiger partial charge on any atom is -0.324 e. The molecule has 0 spiro atoms. The first-order chi connectivity index (χ1) is 4.86. The maximum absolute atomic E-state index is 5.22. The predicted octanol–water partition coefficient (Wildman–Crippen LogP) is 1.53. The lowest BCUT2D eigenvalue weighted by atomic mass is 10.1. The Morgan fingerprint density at radius 2 is 2.30 bits per heavy atom. The molecular formula is C8H12N2. The summed E-state index contributed by atoms with van der Waals surface area (Å²) >= 11 is 0. The molecule has 0 heterocycles. The van der Waals surface area contributed by atoms with Crippen LogP contribution in [0.3, 0.4) is 0 Å². The van der Waals surface area contributed by atoms with E-state index >= 15 is 0 Å². The van der Waals surface area contributed by atoms with E-state index in [9.17, 15) is 0 Å². The van der Waals surface area contributed by atoms with Gasteiger partial charge in [-0.25, -0.2) is 0 Å². The van der Waals surface area contributed by atoms with Crippen LogP contribution in [0.1, 0.15) is 12.5 Å². The summed E-state index contributed by atoms with van der Waals surface area (Å²) in [6, 6.07) is 8.06. The van der Waals surface area contributed by atoms with E-state index in [1.165, 1.54) is 5.56 Å². The topological polar surface area (TPSA) is 38.0 Å². The fraction of sp³-hybridized carbons (Fsp3) is 0.250. The van der Waals surface area contributed by atoms with Crippen LogP contribution < -0.4 is 11.3 Å². The zero-order valence-corrected chi connectivity index (χ0v) is 6.09. The van der Waals surface area contributed by atoms with Crippen molar-refractivity contribution in [2.45, 2.75) is 13.3 Å². The van der Waals surface area contributed by atoms with Gasteiger partial charge in [-0.05, 0) is 24.1 Å². The summed E-state index contributed by atoms with van der Waals surface area (Å²) < 4.78 is 0. The number of benzene rings is 1. The fourth-order valence-corrected chi connectivity index (χ4v) is 0.881. The lowest BCUT2D eigenvalue weighted by Gasteiger charge is -2.00. The number of hydrogen-bond acceptors (Lipinski definition) is 2. The van der Waals surface area contributed by atoms with Gasteiger partial charge in [0.25, 0.3) is 0 Å². The van der Waals surface area contributed by atoms with Gasteiger partial charge in [0.15, 0.2) is 0 Å². The van der Waals surface area contributed by atoms with Crippen LogP contribution >= 0.6 is 0 Å². The molecule has 0 fully saturated rings. The minimum atomic E-state index is 0.972. The molecule has 1 aromatic rings. The van der Waals surface area contributed by atoms with Crippen LogP contribution in [0.25, 0.3) is 0 Å². The second kappa shape index (κ2) is 3.22. The van der Waals surface area contributed by atoms with Crippen LogP contribution in [0, 0.1) is 0 Å².